The molecule has 2 rings (SSSR count). The van der Waals surface area contributed by atoms with Gasteiger partial charge in [-0.25, -0.2) is 0 Å². The molecular weight excluding hydrogens is 144 g/mol. The number of fused-ring (bicyclic) bond motifs is 2. The zero-order valence-corrected chi connectivity index (χ0v) is 6.94. The van der Waals surface area contributed by atoms with Gasteiger partial charge < -0.3 is 5.11 Å². The fraction of sp³-hybridized carbons (Fsp3) is 1.00. The molecule has 1 saturated heterocycles. The Kier molecular flexibility index (Phi) is 1.92. The van der Waals surface area contributed by atoms with Crippen LogP contribution in [0.3, 0.4) is 0 Å². The van der Waals surface area contributed by atoms with Gasteiger partial charge in [-0.15, -0.1) is 0 Å². The van der Waals surface area contributed by atoms with Gasteiger partial charge in [0, 0.05) is 0 Å². The number of hydrogen-bond acceptors (Lipinski definition) is 2. The molecule has 1 N–H and O–H groups in total. The molecule has 0 amide bonds. The molecule has 1 aliphatic carbocycles. The van der Waals surface area contributed by atoms with Crippen LogP contribution in [0.2, 0.25) is 0 Å². The first kappa shape index (κ1) is 6.99. The molecule has 1 heterocycles. The highest BCUT2D eigenvalue weighted by molar-refractivity contribution is 7.99. The molecule has 1 aliphatic heterocycles. The van der Waals surface area contributed by atoms with Crippen molar-refractivity contribution in [1.29, 1.82) is 0 Å². The van der Waals surface area contributed by atoms with Gasteiger partial charge in [-0.2, -0.15) is 11.8 Å². The van der Waals surface area contributed by atoms with E-state index in [0.717, 1.165) is 0 Å². The molecule has 0 radical (unpaired) electrons. The molecule has 0 aromatic heterocycles. The highest BCUT2D eigenvalue weighted by Crippen LogP contribution is 2.38. The predicted octanol–water partition coefficient (Wildman–Crippen LogP) is 1.51. The SMILES string of the molecule is OC1C2CCCC1CSC2. The van der Waals surface area contributed by atoms with Crippen LogP contribution in [0.15, 0.2) is 0 Å². The summed E-state index contributed by atoms with van der Waals surface area (Å²) in [6.07, 6.45) is 3.94. The third kappa shape index (κ3) is 1.08. The average Bonchev–Trinajstić information content (AvgIpc) is 1.86. The van der Waals surface area contributed by atoms with E-state index >= 15 is 0 Å². The molecule has 0 aromatic rings. The van der Waals surface area contributed by atoms with Crippen LogP contribution >= 0.6 is 11.8 Å². The Balaban J connectivity index is 2.05. The minimum atomic E-state index is 0.0509. The van der Waals surface area contributed by atoms with Gasteiger partial charge in [0.25, 0.3) is 0 Å². The number of hydrogen-bond donors (Lipinski definition) is 1. The van der Waals surface area contributed by atoms with E-state index < -0.39 is 0 Å². The largest absolute Gasteiger partial charge is 0.392 e. The van der Waals surface area contributed by atoms with Crippen molar-refractivity contribution >= 4 is 11.8 Å². The molecule has 2 fully saturated rings. The van der Waals surface area contributed by atoms with E-state index in [0.29, 0.717) is 11.8 Å². The van der Waals surface area contributed by atoms with Crippen LogP contribution in [0.1, 0.15) is 19.3 Å². The van der Waals surface area contributed by atoms with E-state index in [1.807, 2.05) is 11.8 Å². The van der Waals surface area contributed by atoms with Crippen molar-refractivity contribution in [2.75, 3.05) is 11.5 Å². The molecule has 2 heteroatoms. The van der Waals surface area contributed by atoms with Crippen LogP contribution in [0, 0.1) is 11.8 Å². The third-order valence-electron chi connectivity index (χ3n) is 2.78. The van der Waals surface area contributed by atoms with Gasteiger partial charge in [0.1, 0.15) is 0 Å². The summed E-state index contributed by atoms with van der Waals surface area (Å²) in [5, 5.41) is 9.68. The van der Waals surface area contributed by atoms with Crippen molar-refractivity contribution in [3.05, 3.63) is 0 Å². The van der Waals surface area contributed by atoms with Crippen LogP contribution in [-0.4, -0.2) is 22.7 Å². The van der Waals surface area contributed by atoms with Crippen molar-refractivity contribution in [2.45, 2.75) is 25.4 Å². The quantitative estimate of drug-likeness (QED) is 0.576. The van der Waals surface area contributed by atoms with Gasteiger partial charge >= 0.3 is 0 Å². The van der Waals surface area contributed by atoms with E-state index in [1.54, 1.807) is 0 Å². The molecule has 1 nitrogen and oxygen atoms in total. The Morgan fingerprint density at radius 1 is 1.10 bits per heavy atom. The van der Waals surface area contributed by atoms with Gasteiger partial charge in [-0.1, -0.05) is 6.42 Å². The van der Waals surface area contributed by atoms with Gasteiger partial charge in [-0.05, 0) is 36.2 Å². The number of rotatable bonds is 0. The van der Waals surface area contributed by atoms with Crippen LogP contribution < -0.4 is 0 Å². The summed E-state index contributed by atoms with van der Waals surface area (Å²) in [7, 11) is 0. The molecule has 1 saturated carbocycles. The lowest BCUT2D eigenvalue weighted by molar-refractivity contribution is 0.0329. The van der Waals surface area contributed by atoms with E-state index in [4.69, 9.17) is 0 Å². The third-order valence-corrected chi connectivity index (χ3v) is 4.11. The predicted molar refractivity (Wildman–Crippen MR) is 44.2 cm³/mol. The van der Waals surface area contributed by atoms with Gasteiger partial charge in [0.05, 0.1) is 6.10 Å². The number of aliphatic hydroxyl groups excluding tert-OH is 1. The van der Waals surface area contributed by atoms with Crippen molar-refractivity contribution in [2.24, 2.45) is 11.8 Å². The van der Waals surface area contributed by atoms with Crippen molar-refractivity contribution in [1.82, 2.24) is 0 Å². The van der Waals surface area contributed by atoms with E-state index in [9.17, 15) is 5.11 Å². The molecule has 10 heavy (non-hydrogen) atoms. The van der Waals surface area contributed by atoms with Crippen LogP contribution in [0.25, 0.3) is 0 Å². The smallest absolute Gasteiger partial charge is 0.0612 e. The molecule has 0 spiro atoms. The molecular formula is C8H14OS. The molecule has 0 aromatic carbocycles. The minimum Gasteiger partial charge on any atom is -0.392 e. The normalized spacial score (nSPS) is 47.1. The van der Waals surface area contributed by atoms with Gasteiger partial charge in [-0.3, -0.25) is 0 Å². The second-order valence-corrected chi connectivity index (χ2v) is 4.55. The fourth-order valence-electron chi connectivity index (χ4n) is 2.10. The van der Waals surface area contributed by atoms with Gasteiger partial charge in [0.15, 0.2) is 0 Å². The maximum atomic E-state index is 9.68. The topological polar surface area (TPSA) is 20.2 Å². The van der Waals surface area contributed by atoms with Crippen molar-refractivity contribution < 1.29 is 5.11 Å². The Hall–Kier alpha value is 0.310. The Morgan fingerprint density at radius 3 is 2.20 bits per heavy atom. The molecule has 2 atom stereocenters. The summed E-state index contributed by atoms with van der Waals surface area (Å²) in [6.45, 7) is 0. The lowest BCUT2D eigenvalue weighted by Crippen LogP contribution is -2.39. The zero-order valence-electron chi connectivity index (χ0n) is 6.12. The standard InChI is InChI=1S/C8H14OS/c9-8-6-2-1-3-7(8)5-10-4-6/h6-9H,1-5H2. The maximum Gasteiger partial charge on any atom is 0.0612 e. The highest BCUT2D eigenvalue weighted by atomic mass is 32.2. The van der Waals surface area contributed by atoms with E-state index in [-0.39, 0.29) is 6.10 Å². The molecule has 58 valence electrons. The first-order valence-electron chi connectivity index (χ1n) is 4.14. The van der Waals surface area contributed by atoms with Crippen molar-refractivity contribution in [3.63, 3.8) is 0 Å². The molecule has 2 unspecified atom stereocenters. The number of aliphatic hydroxyl groups is 1. The lowest BCUT2D eigenvalue weighted by atomic mass is 9.80. The summed E-state index contributed by atoms with van der Waals surface area (Å²) in [4.78, 5) is 0. The summed E-state index contributed by atoms with van der Waals surface area (Å²) in [5.41, 5.74) is 0. The Morgan fingerprint density at radius 2 is 1.70 bits per heavy atom. The first-order chi connectivity index (χ1) is 4.88. The second-order valence-electron chi connectivity index (χ2n) is 3.48. The van der Waals surface area contributed by atoms with Crippen LogP contribution in [0.5, 0.6) is 0 Å². The number of thioether (sulfide) groups is 1. The minimum absolute atomic E-state index is 0.0509. The summed E-state index contributed by atoms with van der Waals surface area (Å²) >= 11 is 2.03. The second kappa shape index (κ2) is 2.74. The fourth-order valence-corrected chi connectivity index (χ4v) is 3.57. The molecule has 2 aliphatic rings. The zero-order chi connectivity index (χ0) is 6.97. The summed E-state index contributed by atoms with van der Waals surface area (Å²) in [5.74, 6) is 3.69. The van der Waals surface area contributed by atoms with Gasteiger partial charge in [0.2, 0.25) is 0 Å². The van der Waals surface area contributed by atoms with Crippen molar-refractivity contribution in [3.8, 4) is 0 Å². The monoisotopic (exact) mass is 158 g/mol. The summed E-state index contributed by atoms with van der Waals surface area (Å²) in [6, 6.07) is 0. The van der Waals surface area contributed by atoms with E-state index in [2.05, 4.69) is 0 Å². The maximum absolute atomic E-state index is 9.68. The Bertz CT molecular complexity index is 104. The Labute approximate surface area is 66.2 Å². The average molecular weight is 158 g/mol. The molecule has 2 bridgehead atoms. The summed E-state index contributed by atoms with van der Waals surface area (Å²) < 4.78 is 0. The van der Waals surface area contributed by atoms with E-state index in [1.165, 1.54) is 30.8 Å². The lowest BCUT2D eigenvalue weighted by Gasteiger charge is -2.38. The highest BCUT2D eigenvalue weighted by Gasteiger charge is 2.34. The van der Waals surface area contributed by atoms with Crippen LogP contribution in [-0.2, 0) is 0 Å². The van der Waals surface area contributed by atoms with Crippen LogP contribution in [0.4, 0.5) is 0 Å². The first-order valence-corrected chi connectivity index (χ1v) is 5.29.